The second-order valence-corrected chi connectivity index (χ2v) is 8.15. The molecule has 0 radical (unpaired) electrons. The maximum absolute atomic E-state index is 11.9. The lowest BCUT2D eigenvalue weighted by Crippen LogP contribution is -2.47. The lowest BCUT2D eigenvalue weighted by molar-refractivity contribution is -0.149. The van der Waals surface area contributed by atoms with Gasteiger partial charge in [0.25, 0.3) is 0 Å². The highest BCUT2D eigenvalue weighted by atomic mass is 16.4. The van der Waals surface area contributed by atoms with Crippen LogP contribution < -0.4 is 0 Å². The summed E-state index contributed by atoms with van der Waals surface area (Å²) in [4.78, 5) is 11.9. The molecule has 7 saturated carbocycles. The van der Waals surface area contributed by atoms with Crippen LogP contribution in [0.25, 0.3) is 0 Å². The molecule has 0 amide bonds. The van der Waals surface area contributed by atoms with Crippen LogP contribution in [0.15, 0.2) is 11.6 Å². The summed E-state index contributed by atoms with van der Waals surface area (Å²) >= 11 is 0. The summed E-state index contributed by atoms with van der Waals surface area (Å²) in [6.07, 6.45) is 11.6. The summed E-state index contributed by atoms with van der Waals surface area (Å²) in [6.45, 7) is 0. The third-order valence-corrected chi connectivity index (χ3v) is 7.78. The van der Waals surface area contributed by atoms with Crippen molar-refractivity contribution in [3.05, 3.63) is 11.6 Å². The molecule has 0 heterocycles. The largest absolute Gasteiger partial charge is 0.481 e. The van der Waals surface area contributed by atoms with Crippen LogP contribution in [-0.4, -0.2) is 11.1 Å². The molecule has 0 aromatic carbocycles. The zero-order valence-electron chi connectivity index (χ0n) is 12.0. The fourth-order valence-corrected chi connectivity index (χ4v) is 7.21. The molecule has 8 unspecified atom stereocenters. The highest BCUT2D eigenvalue weighted by Crippen LogP contribution is 2.64. The van der Waals surface area contributed by atoms with E-state index in [1.807, 2.05) is 0 Å². The summed E-state index contributed by atoms with van der Waals surface area (Å²) in [7, 11) is 0. The first kappa shape index (κ1) is 11.8. The SMILES string of the molecule is O=C(O)C1CC2C3CCC4CC3CCC2C2CC=C4C12. The Morgan fingerprint density at radius 1 is 1.00 bits per heavy atom. The summed E-state index contributed by atoms with van der Waals surface area (Å²) < 4.78 is 0. The van der Waals surface area contributed by atoms with E-state index in [1.165, 1.54) is 38.5 Å². The molecule has 8 aliphatic carbocycles. The van der Waals surface area contributed by atoms with Gasteiger partial charge < -0.3 is 5.11 Å². The van der Waals surface area contributed by atoms with Crippen LogP contribution in [-0.2, 0) is 4.79 Å². The monoisotopic (exact) mass is 272 g/mol. The Morgan fingerprint density at radius 3 is 2.70 bits per heavy atom. The third-order valence-electron chi connectivity index (χ3n) is 7.78. The zero-order chi connectivity index (χ0) is 13.4. The fraction of sp³-hybridized carbons (Fsp3) is 0.833. The fourth-order valence-electron chi connectivity index (χ4n) is 7.21. The van der Waals surface area contributed by atoms with Crippen molar-refractivity contribution in [1.29, 1.82) is 0 Å². The standard InChI is InChI=1S/C18H24O2/c19-18(20)16-8-15-11-3-1-10-7-9(11)2-4-13(15)14-6-5-12(10)17(14)16/h5,9-11,13-17H,1-4,6-8H2,(H,19,20). The third kappa shape index (κ3) is 1.33. The van der Waals surface area contributed by atoms with E-state index in [2.05, 4.69) is 6.08 Å². The van der Waals surface area contributed by atoms with Gasteiger partial charge in [-0.05, 0) is 86.4 Å². The maximum atomic E-state index is 11.9. The summed E-state index contributed by atoms with van der Waals surface area (Å²) in [6, 6.07) is 0. The molecule has 20 heavy (non-hydrogen) atoms. The Kier molecular flexibility index (Phi) is 2.30. The molecule has 2 nitrogen and oxygen atoms in total. The van der Waals surface area contributed by atoms with E-state index in [0.29, 0.717) is 11.8 Å². The number of hydrogen-bond acceptors (Lipinski definition) is 1. The molecule has 0 aromatic heterocycles. The number of carboxylic acid groups (broad SMARTS) is 1. The number of carboxylic acids is 1. The molecule has 1 N–H and O–H groups in total. The first-order chi connectivity index (χ1) is 9.74. The van der Waals surface area contributed by atoms with Gasteiger partial charge in [0.05, 0.1) is 5.92 Å². The predicted octanol–water partition coefficient (Wildman–Crippen LogP) is 3.73. The molecule has 108 valence electrons. The van der Waals surface area contributed by atoms with E-state index in [4.69, 9.17) is 0 Å². The molecule has 0 spiro atoms. The number of rotatable bonds is 1. The molecule has 2 heteroatoms. The predicted molar refractivity (Wildman–Crippen MR) is 76.0 cm³/mol. The minimum atomic E-state index is -0.505. The number of hydrogen-bond donors (Lipinski definition) is 1. The average Bonchev–Trinajstić information content (AvgIpc) is 2.94. The molecule has 0 aromatic rings. The molecular weight excluding hydrogens is 248 g/mol. The zero-order valence-corrected chi connectivity index (χ0v) is 12.0. The van der Waals surface area contributed by atoms with Gasteiger partial charge in [0.1, 0.15) is 0 Å². The van der Waals surface area contributed by atoms with Gasteiger partial charge in [-0.25, -0.2) is 0 Å². The van der Waals surface area contributed by atoms with E-state index in [0.717, 1.165) is 36.0 Å². The quantitative estimate of drug-likeness (QED) is 0.739. The van der Waals surface area contributed by atoms with Crippen molar-refractivity contribution in [1.82, 2.24) is 0 Å². The highest BCUT2D eigenvalue weighted by Gasteiger charge is 2.58. The molecule has 8 atom stereocenters. The van der Waals surface area contributed by atoms with Crippen LogP contribution in [0.2, 0.25) is 0 Å². The molecule has 0 aliphatic heterocycles. The van der Waals surface area contributed by atoms with Crippen LogP contribution in [0, 0.1) is 47.3 Å². The van der Waals surface area contributed by atoms with E-state index in [9.17, 15) is 9.90 Å². The molecule has 0 saturated heterocycles. The van der Waals surface area contributed by atoms with E-state index >= 15 is 0 Å². The molecule has 8 aliphatic rings. The molecular formula is C18H24O2. The first-order valence-corrected chi connectivity index (χ1v) is 8.66. The maximum Gasteiger partial charge on any atom is 0.307 e. The van der Waals surface area contributed by atoms with Crippen LogP contribution in [0.4, 0.5) is 0 Å². The van der Waals surface area contributed by atoms with Crippen molar-refractivity contribution in [3.8, 4) is 0 Å². The minimum absolute atomic E-state index is 0.0602. The van der Waals surface area contributed by atoms with Crippen molar-refractivity contribution >= 4 is 5.97 Å². The lowest BCUT2D eigenvalue weighted by atomic mass is 9.53. The van der Waals surface area contributed by atoms with Crippen LogP contribution in [0.3, 0.4) is 0 Å². The molecule has 7 fully saturated rings. The number of carbonyl (C=O) groups is 1. The number of aliphatic carboxylic acids is 1. The Labute approximate surface area is 120 Å². The Hall–Kier alpha value is -0.790. The second-order valence-electron chi connectivity index (χ2n) is 8.15. The average molecular weight is 272 g/mol. The Bertz CT molecular complexity index is 494. The Balaban J connectivity index is 1.69. The van der Waals surface area contributed by atoms with Gasteiger partial charge in [0, 0.05) is 0 Å². The smallest absolute Gasteiger partial charge is 0.307 e. The Morgan fingerprint density at radius 2 is 1.85 bits per heavy atom. The van der Waals surface area contributed by atoms with Crippen molar-refractivity contribution in [2.75, 3.05) is 0 Å². The van der Waals surface area contributed by atoms with Gasteiger partial charge in [-0.1, -0.05) is 11.6 Å². The normalized spacial score (nSPS) is 55.3. The van der Waals surface area contributed by atoms with Gasteiger partial charge >= 0.3 is 5.97 Å². The minimum Gasteiger partial charge on any atom is -0.481 e. The number of allylic oxidation sites excluding steroid dienone is 2. The van der Waals surface area contributed by atoms with Gasteiger partial charge in [0.15, 0.2) is 0 Å². The van der Waals surface area contributed by atoms with Gasteiger partial charge in [-0.3, -0.25) is 4.79 Å². The van der Waals surface area contributed by atoms with Crippen LogP contribution in [0.1, 0.15) is 44.9 Å². The molecule has 8 bridgehead atoms. The first-order valence-electron chi connectivity index (χ1n) is 8.66. The topological polar surface area (TPSA) is 37.3 Å². The highest BCUT2D eigenvalue weighted by molar-refractivity contribution is 5.71. The van der Waals surface area contributed by atoms with E-state index < -0.39 is 5.97 Å². The van der Waals surface area contributed by atoms with Gasteiger partial charge in [-0.2, -0.15) is 0 Å². The summed E-state index contributed by atoms with van der Waals surface area (Å²) in [5.74, 6) is 4.65. The second kappa shape index (κ2) is 3.90. The van der Waals surface area contributed by atoms with Crippen molar-refractivity contribution < 1.29 is 9.90 Å². The lowest BCUT2D eigenvalue weighted by Gasteiger charge is -2.51. The van der Waals surface area contributed by atoms with Crippen molar-refractivity contribution in [2.45, 2.75) is 44.9 Å². The summed E-state index contributed by atoms with van der Waals surface area (Å²) in [5.41, 5.74) is 1.60. The van der Waals surface area contributed by atoms with Crippen molar-refractivity contribution in [3.63, 3.8) is 0 Å². The van der Waals surface area contributed by atoms with Crippen molar-refractivity contribution in [2.24, 2.45) is 47.3 Å². The number of fused-ring (bicyclic) bond motifs is 1. The molecule has 8 rings (SSSR count). The van der Waals surface area contributed by atoms with Crippen LogP contribution in [0.5, 0.6) is 0 Å². The van der Waals surface area contributed by atoms with Gasteiger partial charge in [0.2, 0.25) is 0 Å². The van der Waals surface area contributed by atoms with E-state index in [1.54, 1.807) is 5.57 Å². The summed E-state index contributed by atoms with van der Waals surface area (Å²) in [5, 5.41) is 9.77. The van der Waals surface area contributed by atoms with E-state index in [-0.39, 0.29) is 5.92 Å². The van der Waals surface area contributed by atoms with Crippen LogP contribution >= 0.6 is 0 Å². The van der Waals surface area contributed by atoms with Gasteiger partial charge in [-0.15, -0.1) is 0 Å².